The van der Waals surface area contributed by atoms with E-state index in [0.29, 0.717) is 35.8 Å². The summed E-state index contributed by atoms with van der Waals surface area (Å²) in [5.41, 5.74) is 0.969. The van der Waals surface area contributed by atoms with Gasteiger partial charge in [0, 0.05) is 43.5 Å². The van der Waals surface area contributed by atoms with Crippen molar-refractivity contribution in [1.82, 2.24) is 14.8 Å². The van der Waals surface area contributed by atoms with Crippen LogP contribution in [0.1, 0.15) is 43.9 Å². The first-order chi connectivity index (χ1) is 12.9. The minimum atomic E-state index is -0.540. The number of aryl methyl sites for hydroxylation is 1. The summed E-state index contributed by atoms with van der Waals surface area (Å²) in [4.78, 5) is 13.8. The molecule has 0 fully saturated rings. The SMILES string of the molecule is CCOC(=O)N(CC)c1c(O)cc(Cl)c(Cl)c1C1Cc2nnc(CC)n2C1. The second kappa shape index (κ2) is 7.94. The summed E-state index contributed by atoms with van der Waals surface area (Å²) >= 11 is 12.8. The molecule has 1 aromatic heterocycles. The van der Waals surface area contributed by atoms with Gasteiger partial charge in [-0.25, -0.2) is 4.79 Å². The van der Waals surface area contributed by atoms with E-state index in [2.05, 4.69) is 14.8 Å². The highest BCUT2D eigenvalue weighted by molar-refractivity contribution is 6.43. The van der Waals surface area contributed by atoms with Crippen molar-refractivity contribution >= 4 is 35.0 Å². The minimum Gasteiger partial charge on any atom is -0.506 e. The van der Waals surface area contributed by atoms with Crippen molar-refractivity contribution in [3.63, 3.8) is 0 Å². The Labute approximate surface area is 167 Å². The van der Waals surface area contributed by atoms with Crippen LogP contribution in [0.3, 0.4) is 0 Å². The van der Waals surface area contributed by atoms with E-state index in [-0.39, 0.29) is 23.3 Å². The molecule has 0 radical (unpaired) electrons. The second-order valence-electron chi connectivity index (χ2n) is 6.29. The molecule has 1 amide bonds. The number of benzene rings is 1. The lowest BCUT2D eigenvalue weighted by atomic mass is 9.94. The highest BCUT2D eigenvalue weighted by atomic mass is 35.5. The lowest BCUT2D eigenvalue weighted by molar-refractivity contribution is 0.160. The molecule has 1 N–H and O–H groups in total. The fourth-order valence-electron chi connectivity index (χ4n) is 3.55. The molecule has 146 valence electrons. The van der Waals surface area contributed by atoms with E-state index in [4.69, 9.17) is 27.9 Å². The van der Waals surface area contributed by atoms with Crippen LogP contribution in [0, 0.1) is 0 Å². The van der Waals surface area contributed by atoms with Gasteiger partial charge in [0.15, 0.2) is 0 Å². The Morgan fingerprint density at radius 1 is 1.37 bits per heavy atom. The number of aromatic nitrogens is 3. The van der Waals surface area contributed by atoms with Gasteiger partial charge in [-0.3, -0.25) is 4.90 Å². The lowest BCUT2D eigenvalue weighted by Gasteiger charge is -2.27. The number of hydrogen-bond donors (Lipinski definition) is 1. The number of phenols is 1. The molecule has 3 rings (SSSR count). The van der Waals surface area contributed by atoms with Crippen LogP contribution < -0.4 is 4.90 Å². The number of ether oxygens (including phenoxy) is 1. The van der Waals surface area contributed by atoms with Crippen molar-refractivity contribution in [2.75, 3.05) is 18.1 Å². The molecule has 0 saturated carbocycles. The molecular formula is C18H22Cl2N4O3. The number of phenolic OH excluding ortho intramolecular Hbond substituents is 1. The van der Waals surface area contributed by atoms with Crippen LogP contribution >= 0.6 is 23.2 Å². The number of rotatable bonds is 5. The van der Waals surface area contributed by atoms with Gasteiger partial charge in [0.25, 0.3) is 0 Å². The summed E-state index contributed by atoms with van der Waals surface area (Å²) in [6, 6.07) is 1.36. The molecule has 7 nitrogen and oxygen atoms in total. The van der Waals surface area contributed by atoms with Gasteiger partial charge in [-0.1, -0.05) is 30.1 Å². The average molecular weight is 413 g/mol. The zero-order chi connectivity index (χ0) is 19.7. The van der Waals surface area contributed by atoms with E-state index in [1.807, 2.05) is 13.8 Å². The number of carbonyl (C=O) groups excluding carboxylic acids is 1. The van der Waals surface area contributed by atoms with Crippen LogP contribution in [0.25, 0.3) is 0 Å². The highest BCUT2D eigenvalue weighted by Gasteiger charge is 2.34. The molecule has 2 aromatic rings. The third-order valence-corrected chi connectivity index (χ3v) is 5.54. The Hall–Kier alpha value is -1.99. The van der Waals surface area contributed by atoms with Gasteiger partial charge in [-0.15, -0.1) is 10.2 Å². The standard InChI is InChI=1S/C18H22Cl2N4O3/c1-4-13-21-22-14-7-10(9-24(13)14)15-16(20)11(19)8-12(25)17(15)23(5-2)18(26)27-6-3/h8,10,25H,4-7,9H2,1-3H3. The normalized spacial score (nSPS) is 15.7. The molecule has 1 aliphatic rings. The van der Waals surface area contributed by atoms with Gasteiger partial charge in [-0.2, -0.15) is 0 Å². The van der Waals surface area contributed by atoms with E-state index in [1.165, 1.54) is 11.0 Å². The number of amides is 1. The fourth-order valence-corrected chi connectivity index (χ4v) is 4.06. The third kappa shape index (κ3) is 3.46. The van der Waals surface area contributed by atoms with Crippen LogP contribution in [0.2, 0.25) is 10.0 Å². The summed E-state index contributed by atoms with van der Waals surface area (Å²) in [7, 11) is 0. The molecule has 0 spiro atoms. The number of hydrogen-bond acceptors (Lipinski definition) is 5. The van der Waals surface area contributed by atoms with E-state index in [9.17, 15) is 9.90 Å². The summed E-state index contributed by atoms with van der Waals surface area (Å²) in [6.07, 6.45) is 0.826. The summed E-state index contributed by atoms with van der Waals surface area (Å²) in [6.45, 7) is 6.72. The smallest absolute Gasteiger partial charge is 0.414 e. The molecule has 0 aliphatic carbocycles. The molecule has 0 saturated heterocycles. The van der Waals surface area contributed by atoms with Crippen molar-refractivity contribution in [1.29, 1.82) is 0 Å². The minimum absolute atomic E-state index is 0.0867. The maximum absolute atomic E-state index is 12.4. The molecule has 1 aromatic carbocycles. The van der Waals surface area contributed by atoms with Crippen molar-refractivity contribution < 1.29 is 14.6 Å². The van der Waals surface area contributed by atoms with E-state index in [1.54, 1.807) is 6.92 Å². The molecule has 1 unspecified atom stereocenters. The monoisotopic (exact) mass is 412 g/mol. The van der Waals surface area contributed by atoms with E-state index >= 15 is 0 Å². The zero-order valence-corrected chi connectivity index (χ0v) is 17.0. The fraction of sp³-hybridized carbons (Fsp3) is 0.500. The molecule has 0 bridgehead atoms. The molecule has 9 heteroatoms. The van der Waals surface area contributed by atoms with Crippen molar-refractivity contribution in [3.8, 4) is 5.75 Å². The van der Waals surface area contributed by atoms with Gasteiger partial charge in [-0.05, 0) is 13.8 Å². The zero-order valence-electron chi connectivity index (χ0n) is 15.5. The maximum atomic E-state index is 12.4. The van der Waals surface area contributed by atoms with E-state index in [0.717, 1.165) is 18.1 Å². The second-order valence-corrected chi connectivity index (χ2v) is 7.08. The van der Waals surface area contributed by atoms with Gasteiger partial charge in [0.05, 0.1) is 22.3 Å². The molecule has 27 heavy (non-hydrogen) atoms. The number of aromatic hydroxyl groups is 1. The van der Waals surface area contributed by atoms with Crippen LogP contribution in [-0.2, 0) is 24.1 Å². The van der Waals surface area contributed by atoms with Crippen LogP contribution in [0.15, 0.2) is 6.07 Å². The van der Waals surface area contributed by atoms with Crippen molar-refractivity contribution in [3.05, 3.63) is 33.3 Å². The topological polar surface area (TPSA) is 80.5 Å². The molecule has 2 heterocycles. The Balaban J connectivity index is 2.09. The maximum Gasteiger partial charge on any atom is 0.414 e. The number of fused-ring (bicyclic) bond motifs is 1. The summed E-state index contributed by atoms with van der Waals surface area (Å²) in [5.74, 6) is 1.57. The quantitative estimate of drug-likeness (QED) is 0.796. The van der Waals surface area contributed by atoms with Crippen LogP contribution in [-0.4, -0.2) is 39.1 Å². The first kappa shape index (κ1) is 19.8. The van der Waals surface area contributed by atoms with E-state index < -0.39 is 6.09 Å². The van der Waals surface area contributed by atoms with Crippen molar-refractivity contribution in [2.45, 2.75) is 46.1 Å². The van der Waals surface area contributed by atoms with Gasteiger partial charge in [0.1, 0.15) is 17.4 Å². The first-order valence-electron chi connectivity index (χ1n) is 8.98. The first-order valence-corrected chi connectivity index (χ1v) is 9.74. The van der Waals surface area contributed by atoms with Crippen LogP contribution in [0.4, 0.5) is 10.5 Å². The van der Waals surface area contributed by atoms with Gasteiger partial charge < -0.3 is 14.4 Å². The predicted molar refractivity (Wildman–Crippen MR) is 104 cm³/mol. The molecular weight excluding hydrogens is 391 g/mol. The number of halogens is 2. The molecule has 1 atom stereocenters. The Kier molecular flexibility index (Phi) is 5.81. The Morgan fingerprint density at radius 3 is 2.74 bits per heavy atom. The largest absolute Gasteiger partial charge is 0.506 e. The summed E-state index contributed by atoms with van der Waals surface area (Å²) < 4.78 is 7.21. The van der Waals surface area contributed by atoms with Crippen molar-refractivity contribution in [2.24, 2.45) is 0 Å². The Bertz CT molecular complexity index is 869. The van der Waals surface area contributed by atoms with Gasteiger partial charge >= 0.3 is 6.09 Å². The van der Waals surface area contributed by atoms with Crippen LogP contribution in [0.5, 0.6) is 5.75 Å². The number of nitrogens with zero attached hydrogens (tertiary/aromatic N) is 4. The van der Waals surface area contributed by atoms with Gasteiger partial charge in [0.2, 0.25) is 0 Å². The summed E-state index contributed by atoms with van der Waals surface area (Å²) in [5, 5.41) is 19.6. The Morgan fingerprint density at radius 2 is 2.11 bits per heavy atom. The number of anilines is 1. The predicted octanol–water partition coefficient (Wildman–Crippen LogP) is 4.18. The highest BCUT2D eigenvalue weighted by Crippen LogP contribution is 2.47. The lowest BCUT2D eigenvalue weighted by Crippen LogP contribution is -2.32. The number of carbonyl (C=O) groups is 1. The average Bonchev–Trinajstić information content (AvgIpc) is 3.20. The third-order valence-electron chi connectivity index (χ3n) is 4.74. The molecule has 1 aliphatic heterocycles.